The van der Waals surface area contributed by atoms with Crippen LogP contribution in [0.25, 0.3) is 0 Å². The van der Waals surface area contributed by atoms with E-state index in [4.69, 9.17) is 0 Å². The lowest BCUT2D eigenvalue weighted by Crippen LogP contribution is -1.84. The van der Waals surface area contributed by atoms with Gasteiger partial charge in [-0.2, -0.15) is 0 Å². The molecule has 0 nitrogen and oxygen atoms in total. The van der Waals surface area contributed by atoms with Gasteiger partial charge >= 0.3 is 0 Å². The van der Waals surface area contributed by atoms with Crippen LogP contribution in [-0.4, -0.2) is 11.5 Å². The summed E-state index contributed by atoms with van der Waals surface area (Å²) in [5.41, 5.74) is 0. The summed E-state index contributed by atoms with van der Waals surface area (Å²) in [6.07, 6.45) is 16.7. The van der Waals surface area contributed by atoms with E-state index in [9.17, 15) is 0 Å². The maximum absolute atomic E-state index is 2.31. The molecule has 0 radical (unpaired) electrons. The quantitative estimate of drug-likeness (QED) is 0.212. The first-order chi connectivity index (χ1) is 11.9. The predicted octanol–water partition coefficient (Wildman–Crippen LogP) is 8.59. The van der Waals surface area contributed by atoms with Crippen molar-refractivity contribution in [2.45, 2.75) is 101 Å². The standard InChI is InChI=1S/C22H38S2/c1-3-5-7-9-11-13-19-23-21-15-17-22(18-16-21)24-20-14-12-10-8-6-4-2/h15-18H,3-14,19-20H2,1-2H3. The predicted molar refractivity (Wildman–Crippen MR) is 115 cm³/mol. The number of thioether (sulfide) groups is 2. The van der Waals surface area contributed by atoms with Gasteiger partial charge in [-0.15, -0.1) is 23.5 Å². The van der Waals surface area contributed by atoms with Crippen LogP contribution in [0.4, 0.5) is 0 Å². The molecule has 0 atom stereocenters. The molecular weight excluding hydrogens is 328 g/mol. The lowest BCUT2D eigenvalue weighted by molar-refractivity contribution is 0.627. The summed E-state index contributed by atoms with van der Waals surface area (Å²) in [4.78, 5) is 2.87. The summed E-state index contributed by atoms with van der Waals surface area (Å²) in [6, 6.07) is 9.24. The van der Waals surface area contributed by atoms with Crippen molar-refractivity contribution in [3.05, 3.63) is 24.3 Å². The molecule has 0 spiro atoms. The first kappa shape index (κ1) is 22.0. The Balaban J connectivity index is 2.02. The van der Waals surface area contributed by atoms with E-state index in [0.717, 1.165) is 0 Å². The second kappa shape index (κ2) is 16.4. The lowest BCUT2D eigenvalue weighted by Gasteiger charge is -2.05. The molecule has 0 aromatic heterocycles. The van der Waals surface area contributed by atoms with Crippen LogP contribution in [0.1, 0.15) is 90.9 Å². The minimum atomic E-state index is 1.27. The van der Waals surface area contributed by atoms with Gasteiger partial charge in [0.1, 0.15) is 0 Å². The first-order valence-electron chi connectivity index (χ1n) is 10.2. The second-order valence-corrected chi connectivity index (χ2v) is 9.04. The van der Waals surface area contributed by atoms with Crippen LogP contribution in [0.2, 0.25) is 0 Å². The number of hydrogen-bond acceptors (Lipinski definition) is 2. The Hall–Kier alpha value is -0.0800. The summed E-state index contributed by atoms with van der Waals surface area (Å²) < 4.78 is 0. The molecule has 0 fully saturated rings. The van der Waals surface area contributed by atoms with Crippen LogP contribution in [0.15, 0.2) is 34.1 Å². The normalized spacial score (nSPS) is 11.1. The Morgan fingerprint density at radius 1 is 0.500 bits per heavy atom. The lowest BCUT2D eigenvalue weighted by atomic mass is 10.1. The molecule has 2 heteroatoms. The Morgan fingerprint density at radius 3 is 1.21 bits per heavy atom. The highest BCUT2D eigenvalue weighted by molar-refractivity contribution is 7.99. The Morgan fingerprint density at radius 2 is 0.833 bits per heavy atom. The van der Waals surface area contributed by atoms with Gasteiger partial charge < -0.3 is 0 Å². The maximum Gasteiger partial charge on any atom is 0.00727 e. The number of benzene rings is 1. The Kier molecular flexibility index (Phi) is 15.0. The van der Waals surface area contributed by atoms with Crippen LogP contribution >= 0.6 is 23.5 Å². The molecule has 24 heavy (non-hydrogen) atoms. The van der Waals surface area contributed by atoms with Crippen molar-refractivity contribution < 1.29 is 0 Å². The zero-order chi connectivity index (χ0) is 17.3. The van der Waals surface area contributed by atoms with Gasteiger partial charge in [-0.05, 0) is 48.6 Å². The molecule has 0 aliphatic carbocycles. The molecule has 138 valence electrons. The van der Waals surface area contributed by atoms with Gasteiger partial charge in [-0.3, -0.25) is 0 Å². The van der Waals surface area contributed by atoms with E-state index < -0.39 is 0 Å². The topological polar surface area (TPSA) is 0 Å². The fourth-order valence-electron chi connectivity index (χ4n) is 2.78. The molecule has 0 aliphatic rings. The van der Waals surface area contributed by atoms with Crippen LogP contribution in [0.5, 0.6) is 0 Å². The molecule has 0 aliphatic heterocycles. The third-order valence-corrected chi connectivity index (χ3v) is 6.55. The number of hydrogen-bond donors (Lipinski definition) is 0. The van der Waals surface area contributed by atoms with Gasteiger partial charge in [0, 0.05) is 9.79 Å². The fourth-order valence-corrected chi connectivity index (χ4v) is 4.60. The van der Waals surface area contributed by atoms with Crippen LogP contribution < -0.4 is 0 Å². The molecule has 0 amide bonds. The number of unbranched alkanes of at least 4 members (excludes halogenated alkanes) is 10. The smallest absolute Gasteiger partial charge is 0.00727 e. The monoisotopic (exact) mass is 366 g/mol. The average Bonchev–Trinajstić information content (AvgIpc) is 2.61. The molecule has 0 saturated carbocycles. The molecule has 1 aromatic carbocycles. The van der Waals surface area contributed by atoms with Gasteiger partial charge in [-0.25, -0.2) is 0 Å². The Labute approximate surface area is 160 Å². The SMILES string of the molecule is CCCCCCCCSc1ccc(SCCCCCCCC)cc1. The fraction of sp³-hybridized carbons (Fsp3) is 0.727. The molecule has 0 N–H and O–H groups in total. The summed E-state index contributed by atoms with van der Waals surface area (Å²) >= 11 is 4.05. The van der Waals surface area contributed by atoms with Gasteiger partial charge in [0.2, 0.25) is 0 Å². The van der Waals surface area contributed by atoms with Crippen molar-refractivity contribution in [2.75, 3.05) is 11.5 Å². The zero-order valence-corrected chi connectivity index (χ0v) is 17.7. The summed E-state index contributed by atoms with van der Waals surface area (Å²) in [6.45, 7) is 4.57. The molecule has 0 unspecified atom stereocenters. The largest absolute Gasteiger partial charge is 0.126 e. The summed E-state index contributed by atoms with van der Waals surface area (Å²) in [5, 5.41) is 0. The van der Waals surface area contributed by atoms with E-state index in [0.29, 0.717) is 0 Å². The molecule has 0 heterocycles. The van der Waals surface area contributed by atoms with Crippen molar-refractivity contribution in [1.29, 1.82) is 0 Å². The minimum Gasteiger partial charge on any atom is -0.126 e. The van der Waals surface area contributed by atoms with E-state index in [-0.39, 0.29) is 0 Å². The van der Waals surface area contributed by atoms with E-state index in [1.54, 1.807) is 0 Å². The van der Waals surface area contributed by atoms with Crippen molar-refractivity contribution in [3.63, 3.8) is 0 Å². The molecule has 0 saturated heterocycles. The summed E-state index contributed by atoms with van der Waals surface area (Å²) in [5.74, 6) is 2.55. The molecule has 1 aromatic rings. The van der Waals surface area contributed by atoms with E-state index in [2.05, 4.69) is 38.1 Å². The first-order valence-corrected chi connectivity index (χ1v) is 12.2. The highest BCUT2D eigenvalue weighted by atomic mass is 32.2. The van der Waals surface area contributed by atoms with Gasteiger partial charge in [-0.1, -0.05) is 78.1 Å². The third kappa shape index (κ3) is 12.3. The van der Waals surface area contributed by atoms with Crippen LogP contribution in [0, 0.1) is 0 Å². The Bertz CT molecular complexity index is 335. The second-order valence-electron chi connectivity index (χ2n) is 6.70. The van der Waals surface area contributed by atoms with Crippen molar-refractivity contribution >= 4 is 23.5 Å². The van der Waals surface area contributed by atoms with Crippen molar-refractivity contribution in [2.24, 2.45) is 0 Å². The number of rotatable bonds is 16. The van der Waals surface area contributed by atoms with Crippen molar-refractivity contribution in [3.8, 4) is 0 Å². The zero-order valence-electron chi connectivity index (χ0n) is 16.0. The highest BCUT2D eigenvalue weighted by Gasteiger charge is 1.98. The maximum atomic E-state index is 2.31. The van der Waals surface area contributed by atoms with Gasteiger partial charge in [0.15, 0.2) is 0 Å². The average molecular weight is 367 g/mol. The highest BCUT2D eigenvalue weighted by Crippen LogP contribution is 2.25. The van der Waals surface area contributed by atoms with Gasteiger partial charge in [0.25, 0.3) is 0 Å². The van der Waals surface area contributed by atoms with E-state index in [1.807, 2.05) is 23.5 Å². The molecular formula is C22H38S2. The third-order valence-electron chi connectivity index (χ3n) is 4.36. The minimum absolute atomic E-state index is 1.27. The molecule has 1 rings (SSSR count). The van der Waals surface area contributed by atoms with Gasteiger partial charge in [0.05, 0.1) is 0 Å². The molecule has 0 bridgehead atoms. The van der Waals surface area contributed by atoms with Crippen LogP contribution in [-0.2, 0) is 0 Å². The van der Waals surface area contributed by atoms with Crippen LogP contribution in [0.3, 0.4) is 0 Å². The summed E-state index contributed by atoms with van der Waals surface area (Å²) in [7, 11) is 0. The van der Waals surface area contributed by atoms with Crippen molar-refractivity contribution in [1.82, 2.24) is 0 Å². The van der Waals surface area contributed by atoms with E-state index in [1.165, 1.54) is 98.3 Å². The van der Waals surface area contributed by atoms with E-state index >= 15 is 0 Å².